The summed E-state index contributed by atoms with van der Waals surface area (Å²) in [6.45, 7) is 7.51. The van der Waals surface area contributed by atoms with Crippen LogP contribution in [0.15, 0.2) is 12.2 Å². The van der Waals surface area contributed by atoms with Crippen LogP contribution in [0.5, 0.6) is 0 Å². The van der Waals surface area contributed by atoms with Crippen molar-refractivity contribution in [3.8, 4) is 0 Å². The Morgan fingerprint density at radius 3 is 2.40 bits per heavy atom. The number of hydrogen-bond donors (Lipinski definition) is 0. The van der Waals surface area contributed by atoms with E-state index in [1.165, 1.54) is 0 Å². The molecule has 57 valence electrons. The average Bonchev–Trinajstić information content (AvgIpc) is 1.82. The molecule has 0 rings (SSSR count). The van der Waals surface area contributed by atoms with Crippen LogP contribution < -0.4 is 0 Å². The van der Waals surface area contributed by atoms with Gasteiger partial charge in [-0.1, -0.05) is 13.5 Å². The molecule has 0 amide bonds. The molecule has 0 aromatic carbocycles. The Balaban J connectivity index is 0. The second-order valence-corrected chi connectivity index (χ2v) is 1.92. The van der Waals surface area contributed by atoms with Crippen LogP contribution in [0.2, 0.25) is 0 Å². The zero-order valence-corrected chi connectivity index (χ0v) is 7.78. The van der Waals surface area contributed by atoms with Crippen LogP contribution in [0, 0.1) is 0 Å². The zero-order valence-electron chi connectivity index (χ0n) is 6.39. The van der Waals surface area contributed by atoms with Crippen molar-refractivity contribution in [1.82, 2.24) is 0 Å². The fraction of sp³-hybridized carbons (Fsp3) is 0.571. The Morgan fingerprint density at radius 2 is 2.10 bits per heavy atom. The van der Waals surface area contributed by atoms with E-state index in [1.807, 2.05) is 6.92 Å². The summed E-state index contributed by atoms with van der Waals surface area (Å²) >= 11 is 0. The van der Waals surface area contributed by atoms with E-state index in [-0.39, 0.29) is 24.5 Å². The van der Waals surface area contributed by atoms with Crippen LogP contribution in [0.1, 0.15) is 20.3 Å². The van der Waals surface area contributed by atoms with Crippen LogP contribution in [0.3, 0.4) is 0 Å². The summed E-state index contributed by atoms with van der Waals surface area (Å²) in [4.78, 5) is 10.6. The number of hydrogen-bond acceptors (Lipinski definition) is 2. The van der Waals surface area contributed by atoms with Crippen LogP contribution in [0.25, 0.3) is 0 Å². The largest absolute Gasteiger partial charge is 0.462 e. The summed E-state index contributed by atoms with van der Waals surface area (Å²) < 4.78 is 4.71. The molecule has 0 aliphatic heterocycles. The van der Waals surface area contributed by atoms with Crippen molar-refractivity contribution >= 4 is 5.97 Å². The number of ether oxygens (including phenoxy) is 1. The van der Waals surface area contributed by atoms with Crippen molar-refractivity contribution < 1.29 is 28.1 Å². The summed E-state index contributed by atoms with van der Waals surface area (Å²) in [5, 5.41) is 0. The minimum Gasteiger partial charge on any atom is -0.462 e. The van der Waals surface area contributed by atoms with Gasteiger partial charge in [0.1, 0.15) is 0 Å². The van der Waals surface area contributed by atoms with E-state index >= 15 is 0 Å². The Bertz CT molecular complexity index is 121. The fourth-order valence-electron chi connectivity index (χ4n) is 0.318. The molecule has 0 bridgehead atoms. The maximum absolute atomic E-state index is 10.6. The van der Waals surface area contributed by atoms with Gasteiger partial charge in [-0.15, -0.1) is 0 Å². The molecule has 0 spiro atoms. The molecule has 3 heteroatoms. The van der Waals surface area contributed by atoms with Gasteiger partial charge in [0.25, 0.3) is 0 Å². The molecule has 0 fully saturated rings. The van der Waals surface area contributed by atoms with Crippen molar-refractivity contribution in [3.63, 3.8) is 0 Å². The molecule has 0 heterocycles. The van der Waals surface area contributed by atoms with Crippen molar-refractivity contribution in [2.24, 2.45) is 0 Å². The molecule has 2 nitrogen and oxygen atoms in total. The summed E-state index contributed by atoms with van der Waals surface area (Å²) in [5.74, 6) is -0.295. The minimum absolute atomic E-state index is 0. The standard InChI is InChI=1S/C7H12O2.V/c1-4-5-9-7(8)6(2)3;/h2,4-5H2,1,3H3;. The summed E-state index contributed by atoms with van der Waals surface area (Å²) in [6, 6.07) is 0. The Kier molecular flexibility index (Phi) is 8.61. The smallest absolute Gasteiger partial charge is 0.333 e. The van der Waals surface area contributed by atoms with Gasteiger partial charge in [0.2, 0.25) is 0 Å². The third-order valence-corrected chi connectivity index (χ3v) is 0.786. The van der Waals surface area contributed by atoms with Gasteiger partial charge in [0.05, 0.1) is 6.61 Å². The normalized spacial score (nSPS) is 7.80. The van der Waals surface area contributed by atoms with Crippen molar-refractivity contribution in [1.29, 1.82) is 0 Å². The SMILES string of the molecule is C=C(C)C(=O)OCCC.[V]. The molecule has 0 aromatic heterocycles. The third kappa shape index (κ3) is 5.92. The molecular weight excluding hydrogens is 167 g/mol. The maximum Gasteiger partial charge on any atom is 0.333 e. The molecule has 0 aliphatic carbocycles. The van der Waals surface area contributed by atoms with E-state index in [1.54, 1.807) is 6.92 Å². The van der Waals surface area contributed by atoms with Crippen LogP contribution in [-0.2, 0) is 28.1 Å². The molecule has 0 aliphatic rings. The number of carbonyl (C=O) groups is 1. The Labute approximate surface area is 73.5 Å². The number of esters is 1. The Hall–Kier alpha value is -0.206. The van der Waals surface area contributed by atoms with E-state index in [4.69, 9.17) is 4.74 Å². The van der Waals surface area contributed by atoms with Gasteiger partial charge in [0, 0.05) is 24.1 Å². The molecule has 0 unspecified atom stereocenters. The first kappa shape index (κ1) is 12.5. The van der Waals surface area contributed by atoms with Gasteiger partial charge < -0.3 is 4.74 Å². The molecule has 0 saturated heterocycles. The first-order valence-electron chi connectivity index (χ1n) is 3.01. The van der Waals surface area contributed by atoms with E-state index < -0.39 is 0 Å². The van der Waals surface area contributed by atoms with Crippen molar-refractivity contribution in [2.75, 3.05) is 6.61 Å². The zero-order chi connectivity index (χ0) is 7.28. The molecule has 0 N–H and O–H groups in total. The molecule has 1 radical (unpaired) electrons. The van der Waals surface area contributed by atoms with Gasteiger partial charge in [0.15, 0.2) is 0 Å². The van der Waals surface area contributed by atoms with E-state index in [0.29, 0.717) is 12.2 Å². The van der Waals surface area contributed by atoms with Gasteiger partial charge in [-0.3, -0.25) is 0 Å². The average molecular weight is 179 g/mol. The number of rotatable bonds is 3. The summed E-state index contributed by atoms with van der Waals surface area (Å²) in [5.41, 5.74) is 0.462. The van der Waals surface area contributed by atoms with E-state index in [9.17, 15) is 4.79 Å². The summed E-state index contributed by atoms with van der Waals surface area (Å²) in [6.07, 6.45) is 0.860. The van der Waals surface area contributed by atoms with Gasteiger partial charge >= 0.3 is 5.97 Å². The van der Waals surface area contributed by atoms with E-state index in [2.05, 4.69) is 6.58 Å². The second kappa shape index (κ2) is 6.91. The molecule has 0 aromatic rings. The van der Waals surface area contributed by atoms with Crippen molar-refractivity contribution in [2.45, 2.75) is 20.3 Å². The fourth-order valence-corrected chi connectivity index (χ4v) is 0.318. The van der Waals surface area contributed by atoms with E-state index in [0.717, 1.165) is 6.42 Å². The Morgan fingerprint density at radius 1 is 1.60 bits per heavy atom. The first-order chi connectivity index (χ1) is 4.18. The maximum atomic E-state index is 10.6. The van der Waals surface area contributed by atoms with Crippen LogP contribution >= 0.6 is 0 Å². The minimum atomic E-state index is -0.295. The first-order valence-corrected chi connectivity index (χ1v) is 3.01. The molecule has 0 saturated carbocycles. The van der Waals surface area contributed by atoms with Gasteiger partial charge in [-0.05, 0) is 13.3 Å². The molecule has 0 atom stereocenters. The van der Waals surface area contributed by atoms with Crippen LogP contribution in [-0.4, -0.2) is 12.6 Å². The predicted molar refractivity (Wildman–Crippen MR) is 36.1 cm³/mol. The third-order valence-electron chi connectivity index (χ3n) is 0.786. The number of carbonyl (C=O) groups excluding carboxylic acids is 1. The van der Waals surface area contributed by atoms with Gasteiger partial charge in [-0.25, -0.2) is 4.79 Å². The second-order valence-electron chi connectivity index (χ2n) is 1.92. The molecular formula is C7H12O2V. The van der Waals surface area contributed by atoms with Crippen LogP contribution in [0.4, 0.5) is 0 Å². The predicted octanol–water partition coefficient (Wildman–Crippen LogP) is 1.51. The van der Waals surface area contributed by atoms with Gasteiger partial charge in [-0.2, -0.15) is 0 Å². The monoisotopic (exact) mass is 179 g/mol. The molecule has 10 heavy (non-hydrogen) atoms. The quantitative estimate of drug-likeness (QED) is 0.485. The topological polar surface area (TPSA) is 26.3 Å². The summed E-state index contributed by atoms with van der Waals surface area (Å²) in [7, 11) is 0. The van der Waals surface area contributed by atoms with Crippen molar-refractivity contribution in [3.05, 3.63) is 12.2 Å².